The normalized spacial score (nSPS) is 15.4. The zero-order valence-corrected chi connectivity index (χ0v) is 32.0. The van der Waals surface area contributed by atoms with Crippen LogP contribution in [0.5, 0.6) is 5.75 Å². The van der Waals surface area contributed by atoms with Gasteiger partial charge in [0.15, 0.2) is 11.2 Å². The minimum Gasteiger partial charge on any atom is -0.460 e. The molecule has 1 aliphatic rings. The van der Waals surface area contributed by atoms with E-state index >= 15 is 0 Å². The molecule has 57 heavy (non-hydrogen) atoms. The van der Waals surface area contributed by atoms with Gasteiger partial charge in [-0.2, -0.15) is 14.0 Å². The number of halogens is 2. The van der Waals surface area contributed by atoms with E-state index in [9.17, 15) is 29.1 Å². The standard InChI is InChI=1S/C43H43F2N5O7/c1-23(20-51)50(24(2)21-52)19-27-14-28(18-46)39-36(15-27)49-41(57-39)33-11-6-9-31(26(33)4)30-8-5-10-32(25(30)3)40-48-35-16-29(22-54-42(53)34-12-7-13-47-34)37(56-43(44)45)17-38(35)55-40/h5-6,8-11,14-17,23-24,34,43,47,51-52H,7,12-13,19-22H2,1-4H3/t23?,24?,34-/m0/s1. The number of hydrogen-bond acceptors (Lipinski definition) is 12. The van der Waals surface area contributed by atoms with Crippen LogP contribution < -0.4 is 10.1 Å². The van der Waals surface area contributed by atoms with Crippen molar-refractivity contribution in [1.29, 1.82) is 5.26 Å². The molecule has 7 rings (SSSR count). The molecule has 0 radical (unpaired) electrons. The van der Waals surface area contributed by atoms with Crippen molar-refractivity contribution in [3.8, 4) is 45.9 Å². The van der Waals surface area contributed by atoms with Crippen molar-refractivity contribution in [2.75, 3.05) is 19.8 Å². The van der Waals surface area contributed by atoms with E-state index < -0.39 is 18.6 Å². The molecule has 296 valence electrons. The lowest BCUT2D eigenvalue weighted by Gasteiger charge is -2.32. The number of nitriles is 1. The third kappa shape index (κ3) is 8.10. The molecule has 1 aliphatic heterocycles. The fourth-order valence-electron chi connectivity index (χ4n) is 7.43. The fourth-order valence-corrected chi connectivity index (χ4v) is 7.43. The van der Waals surface area contributed by atoms with Gasteiger partial charge in [0.1, 0.15) is 35.5 Å². The minimum atomic E-state index is -3.10. The van der Waals surface area contributed by atoms with Crippen molar-refractivity contribution in [2.45, 2.75) is 78.4 Å². The summed E-state index contributed by atoms with van der Waals surface area (Å²) < 4.78 is 49.5. The number of oxazole rings is 2. The Morgan fingerprint density at radius 1 is 0.947 bits per heavy atom. The average Bonchev–Trinajstić information content (AvgIpc) is 3.99. The smallest absolute Gasteiger partial charge is 0.387 e. The summed E-state index contributed by atoms with van der Waals surface area (Å²) in [7, 11) is 0. The van der Waals surface area contributed by atoms with Gasteiger partial charge < -0.3 is 33.8 Å². The Hall–Kier alpha value is -5.72. The largest absolute Gasteiger partial charge is 0.460 e. The molecule has 0 amide bonds. The summed E-state index contributed by atoms with van der Waals surface area (Å²) in [5.41, 5.74) is 7.76. The Balaban J connectivity index is 1.21. The van der Waals surface area contributed by atoms with Gasteiger partial charge in [-0.05, 0) is 105 Å². The van der Waals surface area contributed by atoms with Gasteiger partial charge >= 0.3 is 12.6 Å². The maximum atomic E-state index is 13.4. The first-order valence-electron chi connectivity index (χ1n) is 18.8. The lowest BCUT2D eigenvalue weighted by atomic mass is 9.91. The second kappa shape index (κ2) is 16.8. The highest BCUT2D eigenvalue weighted by molar-refractivity contribution is 5.86. The number of hydrogen-bond donors (Lipinski definition) is 3. The van der Waals surface area contributed by atoms with Crippen molar-refractivity contribution in [1.82, 2.24) is 20.2 Å². The van der Waals surface area contributed by atoms with Gasteiger partial charge in [0, 0.05) is 41.4 Å². The van der Waals surface area contributed by atoms with Crippen LogP contribution in [-0.2, 0) is 22.7 Å². The zero-order valence-electron chi connectivity index (χ0n) is 32.0. The highest BCUT2D eigenvalue weighted by atomic mass is 19.3. The summed E-state index contributed by atoms with van der Waals surface area (Å²) >= 11 is 0. The van der Waals surface area contributed by atoms with Gasteiger partial charge in [-0.1, -0.05) is 24.3 Å². The molecule has 12 nitrogen and oxygen atoms in total. The molecule has 2 aromatic heterocycles. The molecule has 3 atom stereocenters. The van der Waals surface area contributed by atoms with Crippen molar-refractivity contribution in [2.24, 2.45) is 0 Å². The molecule has 0 bridgehead atoms. The molecule has 0 spiro atoms. The topological polar surface area (TPSA) is 167 Å². The van der Waals surface area contributed by atoms with Crippen LogP contribution in [0.1, 0.15) is 54.5 Å². The maximum absolute atomic E-state index is 13.4. The van der Waals surface area contributed by atoms with Gasteiger partial charge in [0.25, 0.3) is 0 Å². The van der Waals surface area contributed by atoms with E-state index in [1.807, 2.05) is 75.1 Å². The predicted octanol–water partition coefficient (Wildman–Crippen LogP) is 7.42. The number of aromatic nitrogens is 2. The number of carbonyl (C=O) groups is 1. The molecule has 4 aromatic carbocycles. The summed E-state index contributed by atoms with van der Waals surface area (Å²) in [5, 5.41) is 32.8. The van der Waals surface area contributed by atoms with Gasteiger partial charge in [-0.3, -0.25) is 9.69 Å². The molecule has 6 aromatic rings. The van der Waals surface area contributed by atoms with Crippen LogP contribution >= 0.6 is 0 Å². The Morgan fingerprint density at radius 2 is 1.58 bits per heavy atom. The minimum absolute atomic E-state index is 0.0855. The van der Waals surface area contributed by atoms with Crippen LogP contribution in [0.4, 0.5) is 8.78 Å². The van der Waals surface area contributed by atoms with Crippen LogP contribution in [-0.4, -0.2) is 75.5 Å². The second-order valence-electron chi connectivity index (χ2n) is 14.4. The van der Waals surface area contributed by atoms with E-state index in [-0.39, 0.29) is 54.7 Å². The summed E-state index contributed by atoms with van der Waals surface area (Å²) in [6.45, 7) is 5.22. The number of rotatable bonds is 14. The number of alkyl halides is 2. The monoisotopic (exact) mass is 779 g/mol. The molecular weight excluding hydrogens is 736 g/mol. The number of aliphatic hydroxyl groups excluding tert-OH is 2. The number of carbonyl (C=O) groups excluding carboxylic acids is 1. The summed E-state index contributed by atoms with van der Waals surface area (Å²) in [4.78, 5) is 24.0. The number of benzene rings is 4. The van der Waals surface area contributed by atoms with Gasteiger partial charge in [-0.15, -0.1) is 0 Å². The van der Waals surface area contributed by atoms with Crippen molar-refractivity contribution >= 4 is 28.2 Å². The van der Waals surface area contributed by atoms with E-state index in [1.54, 1.807) is 6.07 Å². The third-order valence-electron chi connectivity index (χ3n) is 10.6. The summed E-state index contributed by atoms with van der Waals surface area (Å²) in [5.74, 6) is -0.0129. The number of esters is 1. The molecule has 3 N–H and O–H groups in total. The zero-order chi connectivity index (χ0) is 40.4. The fraction of sp³-hybridized carbons (Fsp3) is 0.349. The molecule has 0 aliphatic carbocycles. The lowest BCUT2D eigenvalue weighted by molar-refractivity contribution is -0.147. The van der Waals surface area contributed by atoms with Crippen molar-refractivity contribution < 1.29 is 42.1 Å². The van der Waals surface area contributed by atoms with Gasteiger partial charge in [-0.25, -0.2) is 9.97 Å². The number of nitrogens with zero attached hydrogens (tertiary/aromatic N) is 4. The van der Waals surface area contributed by atoms with Crippen LogP contribution in [0.3, 0.4) is 0 Å². The van der Waals surface area contributed by atoms with E-state index in [1.165, 1.54) is 12.1 Å². The molecule has 2 unspecified atom stereocenters. The van der Waals surface area contributed by atoms with E-state index in [0.717, 1.165) is 39.8 Å². The molecule has 1 saturated heterocycles. The van der Waals surface area contributed by atoms with Crippen LogP contribution in [0, 0.1) is 25.2 Å². The van der Waals surface area contributed by atoms with Crippen molar-refractivity contribution in [3.05, 3.63) is 88.5 Å². The number of fused-ring (bicyclic) bond motifs is 2. The predicted molar refractivity (Wildman–Crippen MR) is 208 cm³/mol. The number of nitrogens with one attached hydrogen (secondary N) is 1. The average molecular weight is 780 g/mol. The first kappa shape index (κ1) is 39.5. The van der Waals surface area contributed by atoms with Crippen LogP contribution in [0.15, 0.2) is 69.5 Å². The van der Waals surface area contributed by atoms with Crippen molar-refractivity contribution in [3.63, 3.8) is 0 Å². The second-order valence-corrected chi connectivity index (χ2v) is 14.4. The highest BCUT2D eigenvalue weighted by Crippen LogP contribution is 2.39. The Bertz CT molecular complexity index is 2460. The Labute approximate surface area is 327 Å². The number of ether oxygens (including phenoxy) is 2. The quantitative estimate of drug-likeness (QED) is 0.0938. The van der Waals surface area contributed by atoms with Gasteiger partial charge in [0.2, 0.25) is 11.8 Å². The van der Waals surface area contributed by atoms with Gasteiger partial charge in [0.05, 0.1) is 18.8 Å². The Kier molecular flexibility index (Phi) is 11.6. The van der Waals surface area contributed by atoms with E-state index in [0.29, 0.717) is 53.1 Å². The first-order chi connectivity index (χ1) is 27.5. The van der Waals surface area contributed by atoms with E-state index in [2.05, 4.69) is 11.4 Å². The van der Waals surface area contributed by atoms with Crippen LogP contribution in [0.25, 0.3) is 56.2 Å². The maximum Gasteiger partial charge on any atom is 0.387 e. The van der Waals surface area contributed by atoms with Crippen LogP contribution in [0.2, 0.25) is 0 Å². The molecule has 0 saturated carbocycles. The first-order valence-corrected chi connectivity index (χ1v) is 18.8. The molecule has 3 heterocycles. The van der Waals surface area contributed by atoms with E-state index in [4.69, 9.17) is 28.3 Å². The molecular formula is C43H43F2N5O7. The summed E-state index contributed by atoms with van der Waals surface area (Å²) in [6, 6.07) is 19.4. The number of aliphatic hydroxyl groups is 2. The molecule has 1 fully saturated rings. The highest BCUT2D eigenvalue weighted by Gasteiger charge is 2.26. The Morgan fingerprint density at radius 3 is 2.18 bits per heavy atom. The summed E-state index contributed by atoms with van der Waals surface area (Å²) in [6.07, 6.45) is 1.49. The third-order valence-corrected chi connectivity index (χ3v) is 10.6. The SMILES string of the molecule is Cc1c(-c2nc3cc(COC(=O)[C@@H]4CCCN4)c(OC(F)F)cc3o2)cccc1-c1cccc(-c2nc3cc(CN(C(C)CO)C(C)CO)cc(C#N)c3o2)c1C. The lowest BCUT2D eigenvalue weighted by Crippen LogP contribution is -2.43. The molecule has 14 heteroatoms.